The lowest BCUT2D eigenvalue weighted by atomic mass is 10.1. The second-order valence-corrected chi connectivity index (χ2v) is 2.37. The lowest BCUT2D eigenvalue weighted by molar-refractivity contribution is 0.318. The van der Waals surface area contributed by atoms with E-state index < -0.39 is 0 Å². The molecule has 0 aromatic carbocycles. The van der Waals surface area contributed by atoms with E-state index in [1.165, 1.54) is 0 Å². The van der Waals surface area contributed by atoms with Gasteiger partial charge in [0.05, 0.1) is 5.71 Å². The van der Waals surface area contributed by atoms with Gasteiger partial charge in [0.1, 0.15) is 0 Å². The molecular formula is C7H12N2O. The molecule has 3 nitrogen and oxygen atoms in total. The molecule has 1 aliphatic heterocycles. The Kier molecular flexibility index (Phi) is 2.45. The Balaban J connectivity index is 2.62. The number of nitrogens with one attached hydrogen (secondary N) is 1. The summed E-state index contributed by atoms with van der Waals surface area (Å²) in [5.41, 5.74) is 1.89. The van der Waals surface area contributed by atoms with Crippen LogP contribution in [0.5, 0.6) is 0 Å². The van der Waals surface area contributed by atoms with Gasteiger partial charge >= 0.3 is 0 Å². The number of nitrogens with zero attached hydrogens (tertiary/aromatic N) is 1. The van der Waals surface area contributed by atoms with Crippen LogP contribution in [-0.2, 0) is 0 Å². The van der Waals surface area contributed by atoms with Gasteiger partial charge in [0.2, 0.25) is 0 Å². The molecule has 0 spiro atoms. The van der Waals surface area contributed by atoms with Crippen LogP contribution in [0.25, 0.3) is 0 Å². The second kappa shape index (κ2) is 3.37. The van der Waals surface area contributed by atoms with Crippen molar-refractivity contribution >= 4 is 5.71 Å². The third kappa shape index (κ3) is 1.57. The van der Waals surface area contributed by atoms with Crippen molar-refractivity contribution in [2.75, 3.05) is 13.1 Å². The monoisotopic (exact) mass is 140 g/mol. The number of rotatable bonds is 1. The van der Waals surface area contributed by atoms with Gasteiger partial charge in [0, 0.05) is 6.54 Å². The molecule has 0 unspecified atom stereocenters. The smallest absolute Gasteiger partial charge is 0.0794 e. The summed E-state index contributed by atoms with van der Waals surface area (Å²) in [5, 5.41) is 14.7. The maximum Gasteiger partial charge on any atom is 0.0794 e. The highest BCUT2D eigenvalue weighted by molar-refractivity contribution is 5.97. The third-order valence-electron chi connectivity index (χ3n) is 1.68. The van der Waals surface area contributed by atoms with Crippen molar-refractivity contribution in [3.05, 3.63) is 11.6 Å². The zero-order valence-electron chi connectivity index (χ0n) is 6.09. The van der Waals surface area contributed by atoms with Crippen molar-refractivity contribution in [3.8, 4) is 0 Å². The molecule has 10 heavy (non-hydrogen) atoms. The highest BCUT2D eigenvalue weighted by atomic mass is 16.4. The molecule has 0 saturated carbocycles. The standard InChI is InChI=1S/C7H12N2O/c1-6(9-10)7-2-4-8-5-3-7/h2,8,10H,3-5H2,1H3/b9-6+. The molecule has 0 fully saturated rings. The Labute approximate surface area is 60.4 Å². The van der Waals surface area contributed by atoms with E-state index in [-0.39, 0.29) is 0 Å². The molecule has 56 valence electrons. The van der Waals surface area contributed by atoms with Crippen LogP contribution in [0.1, 0.15) is 13.3 Å². The summed E-state index contributed by atoms with van der Waals surface area (Å²) in [4.78, 5) is 0. The van der Waals surface area contributed by atoms with E-state index in [4.69, 9.17) is 5.21 Å². The lowest BCUT2D eigenvalue weighted by Crippen LogP contribution is -2.22. The largest absolute Gasteiger partial charge is 0.411 e. The van der Waals surface area contributed by atoms with Gasteiger partial charge in [0.25, 0.3) is 0 Å². The molecule has 2 N–H and O–H groups in total. The number of hydrogen-bond acceptors (Lipinski definition) is 3. The molecule has 0 bridgehead atoms. The van der Waals surface area contributed by atoms with Crippen LogP contribution < -0.4 is 5.32 Å². The molecule has 0 atom stereocenters. The topological polar surface area (TPSA) is 44.6 Å². The zero-order chi connectivity index (χ0) is 7.40. The van der Waals surface area contributed by atoms with Gasteiger partial charge in [-0.3, -0.25) is 0 Å². The minimum Gasteiger partial charge on any atom is -0.411 e. The van der Waals surface area contributed by atoms with Gasteiger partial charge < -0.3 is 10.5 Å². The van der Waals surface area contributed by atoms with Crippen molar-refractivity contribution in [3.63, 3.8) is 0 Å². The SMILES string of the molecule is C/C(=N\O)C1=CCNCC1. The summed E-state index contributed by atoms with van der Waals surface area (Å²) in [7, 11) is 0. The fourth-order valence-electron chi connectivity index (χ4n) is 1.02. The number of oxime groups is 1. The molecule has 3 heteroatoms. The van der Waals surface area contributed by atoms with Crippen molar-refractivity contribution in [1.29, 1.82) is 0 Å². The molecule has 0 amide bonds. The molecular weight excluding hydrogens is 128 g/mol. The first-order valence-corrected chi connectivity index (χ1v) is 3.43. The molecule has 1 heterocycles. The molecule has 0 aliphatic carbocycles. The van der Waals surface area contributed by atoms with Crippen LogP contribution >= 0.6 is 0 Å². The van der Waals surface area contributed by atoms with Crippen LogP contribution in [0.2, 0.25) is 0 Å². The van der Waals surface area contributed by atoms with Crippen molar-refractivity contribution < 1.29 is 5.21 Å². The Morgan fingerprint density at radius 2 is 2.60 bits per heavy atom. The summed E-state index contributed by atoms with van der Waals surface area (Å²) >= 11 is 0. The van der Waals surface area contributed by atoms with E-state index in [2.05, 4.69) is 16.5 Å². The summed E-state index contributed by atoms with van der Waals surface area (Å²) in [6.07, 6.45) is 3.02. The highest BCUT2D eigenvalue weighted by Crippen LogP contribution is 2.05. The maximum atomic E-state index is 8.41. The summed E-state index contributed by atoms with van der Waals surface area (Å²) in [5.74, 6) is 0. The van der Waals surface area contributed by atoms with Crippen LogP contribution in [0.3, 0.4) is 0 Å². The van der Waals surface area contributed by atoms with E-state index in [0.717, 1.165) is 30.8 Å². The average Bonchev–Trinajstić information content (AvgIpc) is 2.05. The van der Waals surface area contributed by atoms with Crippen molar-refractivity contribution in [2.45, 2.75) is 13.3 Å². The summed E-state index contributed by atoms with van der Waals surface area (Å²) in [6, 6.07) is 0. The molecule has 1 rings (SSSR count). The zero-order valence-corrected chi connectivity index (χ0v) is 6.09. The van der Waals surface area contributed by atoms with Crippen LogP contribution in [0.4, 0.5) is 0 Å². The quantitative estimate of drug-likeness (QED) is 0.321. The summed E-state index contributed by atoms with van der Waals surface area (Å²) < 4.78 is 0. The normalized spacial score (nSPS) is 20.5. The predicted octanol–water partition coefficient (Wildman–Crippen LogP) is 0.756. The van der Waals surface area contributed by atoms with Crippen LogP contribution in [0.15, 0.2) is 16.8 Å². The Morgan fingerprint density at radius 1 is 1.80 bits per heavy atom. The predicted molar refractivity (Wildman–Crippen MR) is 40.5 cm³/mol. The first kappa shape index (κ1) is 7.28. The third-order valence-corrected chi connectivity index (χ3v) is 1.68. The van der Waals surface area contributed by atoms with E-state index in [1.54, 1.807) is 0 Å². The molecule has 0 aromatic rings. The fraction of sp³-hybridized carbons (Fsp3) is 0.571. The maximum absolute atomic E-state index is 8.41. The van der Waals surface area contributed by atoms with Gasteiger partial charge in [-0.05, 0) is 25.5 Å². The van der Waals surface area contributed by atoms with Gasteiger partial charge in [-0.15, -0.1) is 0 Å². The van der Waals surface area contributed by atoms with E-state index in [1.807, 2.05) is 6.92 Å². The lowest BCUT2D eigenvalue weighted by Gasteiger charge is -2.11. The minimum atomic E-state index is 0.738. The van der Waals surface area contributed by atoms with Crippen LogP contribution in [-0.4, -0.2) is 24.0 Å². The fourth-order valence-corrected chi connectivity index (χ4v) is 1.02. The minimum absolute atomic E-state index is 0.738. The van der Waals surface area contributed by atoms with E-state index in [0.29, 0.717) is 0 Å². The van der Waals surface area contributed by atoms with E-state index >= 15 is 0 Å². The van der Waals surface area contributed by atoms with Gasteiger partial charge in [0.15, 0.2) is 0 Å². The van der Waals surface area contributed by atoms with Crippen molar-refractivity contribution in [2.24, 2.45) is 5.16 Å². The Bertz CT molecular complexity index is 172. The van der Waals surface area contributed by atoms with E-state index in [9.17, 15) is 0 Å². The average molecular weight is 140 g/mol. The first-order chi connectivity index (χ1) is 4.84. The highest BCUT2D eigenvalue weighted by Gasteiger charge is 2.04. The second-order valence-electron chi connectivity index (χ2n) is 2.37. The Hall–Kier alpha value is -0.830. The molecule has 0 radical (unpaired) electrons. The van der Waals surface area contributed by atoms with Crippen LogP contribution in [0, 0.1) is 0 Å². The van der Waals surface area contributed by atoms with Gasteiger partial charge in [-0.1, -0.05) is 11.2 Å². The first-order valence-electron chi connectivity index (χ1n) is 3.43. The number of hydrogen-bond donors (Lipinski definition) is 2. The molecule has 0 saturated heterocycles. The van der Waals surface area contributed by atoms with Gasteiger partial charge in [-0.2, -0.15) is 0 Å². The van der Waals surface area contributed by atoms with Gasteiger partial charge in [-0.25, -0.2) is 0 Å². The summed E-state index contributed by atoms with van der Waals surface area (Å²) in [6.45, 7) is 3.69. The Morgan fingerprint density at radius 3 is 3.10 bits per heavy atom. The van der Waals surface area contributed by atoms with Crippen molar-refractivity contribution in [1.82, 2.24) is 5.32 Å². The molecule has 1 aliphatic rings. The molecule has 0 aromatic heterocycles.